The van der Waals surface area contributed by atoms with Crippen LogP contribution < -0.4 is 19.9 Å². The first-order chi connectivity index (χ1) is 13.3. The Balaban J connectivity index is 2.09. The van der Waals surface area contributed by atoms with Gasteiger partial charge in [0.1, 0.15) is 5.75 Å². The molecule has 0 bridgehead atoms. The number of nitrogens with zero attached hydrogens (tertiary/aromatic N) is 1. The Kier molecular flexibility index (Phi) is 5.53. The summed E-state index contributed by atoms with van der Waals surface area (Å²) < 4.78 is 36.9. The average Bonchev–Trinajstić information content (AvgIpc) is 2.91. The summed E-state index contributed by atoms with van der Waals surface area (Å²) in [7, 11) is -2.02. The molecule has 0 aliphatic heterocycles. The van der Waals surface area contributed by atoms with Crippen LogP contribution in [0.1, 0.15) is 20.8 Å². The smallest absolute Gasteiger partial charge is 0.299 e. The molecule has 150 valence electrons. The van der Waals surface area contributed by atoms with Crippen molar-refractivity contribution < 1.29 is 13.2 Å². The first-order valence-electron chi connectivity index (χ1n) is 9.12. The van der Waals surface area contributed by atoms with E-state index in [1.165, 1.54) is 0 Å². The van der Waals surface area contributed by atoms with Crippen molar-refractivity contribution in [2.75, 3.05) is 17.6 Å². The minimum Gasteiger partial charge on any atom is -0.497 e. The Labute approximate surface area is 165 Å². The van der Waals surface area contributed by atoms with Crippen LogP contribution in [0.25, 0.3) is 22.2 Å². The molecule has 0 amide bonds. The number of aromatic nitrogens is 1. The highest BCUT2D eigenvalue weighted by atomic mass is 32.2. The Hall–Kier alpha value is -2.71. The van der Waals surface area contributed by atoms with Crippen LogP contribution in [-0.2, 0) is 16.8 Å². The molecule has 8 heteroatoms. The van der Waals surface area contributed by atoms with Gasteiger partial charge in [0.2, 0.25) is 0 Å². The molecule has 1 aromatic heterocycles. The van der Waals surface area contributed by atoms with E-state index in [0.717, 1.165) is 27.9 Å². The van der Waals surface area contributed by atoms with Gasteiger partial charge < -0.3 is 15.0 Å². The van der Waals surface area contributed by atoms with Crippen molar-refractivity contribution in [2.24, 2.45) is 0 Å². The number of hydrogen-bond acceptors (Lipinski definition) is 4. The molecule has 0 saturated carbocycles. The number of nitrogens with two attached hydrogens (primary N) is 1. The molecule has 0 aliphatic rings. The summed E-state index contributed by atoms with van der Waals surface area (Å²) in [6, 6.07) is 12.8. The Bertz CT molecular complexity index is 1100. The van der Waals surface area contributed by atoms with Gasteiger partial charge in [0, 0.05) is 29.6 Å². The van der Waals surface area contributed by atoms with Gasteiger partial charge in [0.25, 0.3) is 10.2 Å². The van der Waals surface area contributed by atoms with Crippen molar-refractivity contribution in [3.8, 4) is 17.0 Å². The normalized spacial score (nSPS) is 11.9. The number of anilines is 2. The van der Waals surface area contributed by atoms with Crippen LogP contribution in [0.15, 0.2) is 42.5 Å². The average molecular weight is 403 g/mol. The van der Waals surface area contributed by atoms with E-state index in [2.05, 4.69) is 14.0 Å². The second-order valence-corrected chi connectivity index (χ2v) is 8.30. The van der Waals surface area contributed by atoms with Crippen molar-refractivity contribution in [3.05, 3.63) is 42.5 Å². The molecular weight excluding hydrogens is 376 g/mol. The molecule has 0 radical (unpaired) electrons. The highest BCUT2D eigenvalue weighted by molar-refractivity contribution is 7.90. The molecule has 0 atom stereocenters. The first-order valence-corrected chi connectivity index (χ1v) is 10.6. The highest BCUT2D eigenvalue weighted by Crippen LogP contribution is 2.38. The zero-order chi connectivity index (χ0) is 20.5. The van der Waals surface area contributed by atoms with E-state index in [4.69, 9.17) is 10.5 Å². The fraction of sp³-hybridized carbons (Fsp3) is 0.300. The molecule has 3 rings (SSSR count). The van der Waals surface area contributed by atoms with Crippen LogP contribution >= 0.6 is 0 Å². The van der Waals surface area contributed by atoms with Crippen LogP contribution in [0, 0.1) is 0 Å². The lowest BCUT2D eigenvalue weighted by Gasteiger charge is -2.14. The number of ether oxygens (including phenoxy) is 1. The maximum atomic E-state index is 12.2. The van der Waals surface area contributed by atoms with Crippen LogP contribution in [0.3, 0.4) is 0 Å². The maximum Gasteiger partial charge on any atom is 0.299 e. The van der Waals surface area contributed by atoms with E-state index in [0.29, 0.717) is 17.9 Å². The third kappa shape index (κ3) is 3.93. The Morgan fingerprint density at radius 3 is 2.57 bits per heavy atom. The summed E-state index contributed by atoms with van der Waals surface area (Å²) in [4.78, 5) is 0. The number of fused-ring (bicyclic) bond motifs is 1. The predicted octanol–water partition coefficient (Wildman–Crippen LogP) is 3.57. The molecule has 2 aromatic carbocycles. The molecule has 4 N–H and O–H groups in total. The van der Waals surface area contributed by atoms with Gasteiger partial charge in [-0.25, -0.2) is 0 Å². The number of rotatable bonds is 7. The zero-order valence-corrected chi connectivity index (χ0v) is 17.3. The van der Waals surface area contributed by atoms with Crippen molar-refractivity contribution >= 4 is 32.5 Å². The number of nitrogens with one attached hydrogen (secondary N) is 2. The molecule has 3 aromatic rings. The maximum absolute atomic E-state index is 12.2. The van der Waals surface area contributed by atoms with E-state index < -0.39 is 10.2 Å². The molecule has 28 heavy (non-hydrogen) atoms. The van der Waals surface area contributed by atoms with Gasteiger partial charge in [-0.05, 0) is 45.0 Å². The van der Waals surface area contributed by atoms with Crippen molar-refractivity contribution in [1.29, 1.82) is 0 Å². The second kappa shape index (κ2) is 7.73. The first kappa shape index (κ1) is 20.0. The summed E-state index contributed by atoms with van der Waals surface area (Å²) in [5, 5.41) is 0.935. The van der Waals surface area contributed by atoms with Crippen LogP contribution in [-0.4, -0.2) is 26.1 Å². The fourth-order valence-electron chi connectivity index (χ4n) is 3.35. The monoisotopic (exact) mass is 402 g/mol. The summed E-state index contributed by atoms with van der Waals surface area (Å²) in [5.74, 6) is 0.757. The quantitative estimate of drug-likeness (QED) is 0.563. The topological polar surface area (TPSA) is 98.4 Å². The van der Waals surface area contributed by atoms with Crippen LogP contribution in [0.2, 0.25) is 0 Å². The summed E-state index contributed by atoms with van der Waals surface area (Å²) in [6.07, 6.45) is 0. The number of methoxy groups -OCH3 is 1. The molecular formula is C20H26N4O3S. The molecule has 0 aliphatic carbocycles. The van der Waals surface area contributed by atoms with Gasteiger partial charge >= 0.3 is 0 Å². The summed E-state index contributed by atoms with van der Waals surface area (Å²) >= 11 is 0. The van der Waals surface area contributed by atoms with Crippen molar-refractivity contribution in [2.45, 2.75) is 33.4 Å². The molecule has 0 spiro atoms. The van der Waals surface area contributed by atoms with Crippen molar-refractivity contribution in [1.82, 2.24) is 9.29 Å². The van der Waals surface area contributed by atoms with Crippen LogP contribution in [0.4, 0.5) is 11.4 Å². The third-order valence-electron chi connectivity index (χ3n) is 4.41. The molecule has 0 fully saturated rings. The predicted molar refractivity (Wildman–Crippen MR) is 115 cm³/mol. The standard InChI is InChI=1S/C20H26N4O3S/c1-5-24-18-12-16(27-4)9-10-17(18)19(21)20(24)14-7-6-8-15(11-14)23-28(25,26)22-13(2)3/h6-13,22-23H,5,21H2,1-4H3. The fourth-order valence-corrected chi connectivity index (χ4v) is 4.46. The number of hydrogen-bond donors (Lipinski definition) is 3. The number of aryl methyl sites for hydroxylation is 1. The number of nitrogen functional groups attached to an aromatic ring is 1. The van der Waals surface area contributed by atoms with Gasteiger partial charge in [0.05, 0.1) is 29.7 Å². The van der Waals surface area contributed by atoms with E-state index in [-0.39, 0.29) is 6.04 Å². The minimum atomic E-state index is -3.65. The molecule has 1 heterocycles. The largest absolute Gasteiger partial charge is 0.497 e. The molecule has 7 nitrogen and oxygen atoms in total. The van der Waals surface area contributed by atoms with E-state index in [1.54, 1.807) is 39.2 Å². The lowest BCUT2D eigenvalue weighted by molar-refractivity contribution is 0.415. The zero-order valence-electron chi connectivity index (χ0n) is 16.5. The summed E-state index contributed by atoms with van der Waals surface area (Å²) in [5.41, 5.74) is 10.2. The lowest BCUT2D eigenvalue weighted by Crippen LogP contribution is -2.35. The van der Waals surface area contributed by atoms with Gasteiger partial charge in [-0.2, -0.15) is 13.1 Å². The minimum absolute atomic E-state index is 0.200. The van der Waals surface area contributed by atoms with E-state index in [9.17, 15) is 8.42 Å². The highest BCUT2D eigenvalue weighted by Gasteiger charge is 2.18. The SMILES string of the molecule is CCn1c(-c2cccc(NS(=O)(=O)NC(C)C)c2)c(N)c2ccc(OC)cc21. The molecule has 0 unspecified atom stereocenters. The van der Waals surface area contributed by atoms with Crippen LogP contribution in [0.5, 0.6) is 5.75 Å². The second-order valence-electron chi connectivity index (χ2n) is 6.85. The number of benzene rings is 2. The van der Waals surface area contributed by atoms with Crippen molar-refractivity contribution in [3.63, 3.8) is 0 Å². The summed E-state index contributed by atoms with van der Waals surface area (Å²) in [6.45, 7) is 6.29. The molecule has 0 saturated heterocycles. The van der Waals surface area contributed by atoms with Gasteiger partial charge in [0.15, 0.2) is 0 Å². The lowest BCUT2D eigenvalue weighted by atomic mass is 10.1. The van der Waals surface area contributed by atoms with Gasteiger partial charge in [-0.3, -0.25) is 4.72 Å². The Morgan fingerprint density at radius 2 is 1.93 bits per heavy atom. The van der Waals surface area contributed by atoms with Gasteiger partial charge in [-0.1, -0.05) is 12.1 Å². The van der Waals surface area contributed by atoms with E-state index in [1.807, 2.05) is 31.2 Å². The third-order valence-corrected chi connectivity index (χ3v) is 5.69. The van der Waals surface area contributed by atoms with Gasteiger partial charge in [-0.15, -0.1) is 0 Å². The Morgan fingerprint density at radius 1 is 1.18 bits per heavy atom. The van der Waals surface area contributed by atoms with E-state index >= 15 is 0 Å².